The molecule has 0 aliphatic rings. The first-order valence-electron chi connectivity index (χ1n) is 5.13. The molecule has 6 nitrogen and oxygen atoms in total. The minimum atomic E-state index is -4.17. The molecule has 2 aromatic rings. The van der Waals surface area contributed by atoms with Crippen LogP contribution in [0, 0.1) is 18.3 Å². The van der Waals surface area contributed by atoms with Gasteiger partial charge >= 0.3 is 10.2 Å². The molecule has 19 heavy (non-hydrogen) atoms. The van der Waals surface area contributed by atoms with Crippen LogP contribution < -0.4 is 5.14 Å². The van der Waals surface area contributed by atoms with Gasteiger partial charge in [0.05, 0.1) is 0 Å². The molecule has 0 spiro atoms. The van der Waals surface area contributed by atoms with Crippen molar-refractivity contribution in [2.75, 3.05) is 0 Å². The molecule has 0 aliphatic carbocycles. The van der Waals surface area contributed by atoms with Crippen LogP contribution in [0.1, 0.15) is 11.4 Å². The van der Waals surface area contributed by atoms with Crippen LogP contribution in [-0.4, -0.2) is 17.4 Å². The molecular formula is C11H9ClN4O2S. The third kappa shape index (κ3) is 2.46. The molecule has 0 fully saturated rings. The van der Waals surface area contributed by atoms with Gasteiger partial charge in [0.15, 0.2) is 5.15 Å². The van der Waals surface area contributed by atoms with Gasteiger partial charge in [-0.15, -0.1) is 0 Å². The quantitative estimate of drug-likeness (QED) is 0.905. The Hall–Kier alpha value is -1.88. The lowest BCUT2D eigenvalue weighted by Gasteiger charge is -2.07. The van der Waals surface area contributed by atoms with Gasteiger partial charge in [-0.3, -0.25) is 0 Å². The summed E-state index contributed by atoms with van der Waals surface area (Å²) in [7, 11) is -4.17. The summed E-state index contributed by atoms with van der Waals surface area (Å²) in [6.45, 7) is 1.89. The van der Waals surface area contributed by atoms with E-state index in [1.165, 1.54) is 0 Å². The molecule has 0 bridgehead atoms. The molecule has 98 valence electrons. The number of nitrogens with two attached hydrogens (primary N) is 1. The smallest absolute Gasteiger partial charge is 0.211 e. The number of benzene rings is 1. The minimum Gasteiger partial charge on any atom is -0.211 e. The number of rotatable bonds is 2. The van der Waals surface area contributed by atoms with E-state index in [9.17, 15) is 8.42 Å². The zero-order chi connectivity index (χ0) is 14.2. The second-order valence-electron chi connectivity index (χ2n) is 3.86. The molecule has 1 heterocycles. The van der Waals surface area contributed by atoms with E-state index in [-0.39, 0.29) is 16.7 Å². The molecule has 1 aromatic heterocycles. The standard InChI is InChI=1S/C11H9ClN4O2S/c1-7-2-4-8(5-3-7)10-11(12)15-9(6-13)16(10)19(14,17)18/h2-5H,1H3,(H2,14,17,18). The van der Waals surface area contributed by atoms with Crippen molar-refractivity contribution < 1.29 is 8.42 Å². The molecule has 0 saturated carbocycles. The van der Waals surface area contributed by atoms with Crippen molar-refractivity contribution in [2.45, 2.75) is 6.92 Å². The van der Waals surface area contributed by atoms with Crippen LogP contribution in [0.15, 0.2) is 24.3 Å². The van der Waals surface area contributed by atoms with Crippen molar-refractivity contribution in [3.05, 3.63) is 40.8 Å². The van der Waals surface area contributed by atoms with E-state index in [0.717, 1.165) is 5.56 Å². The Balaban J connectivity index is 2.81. The molecule has 0 amide bonds. The molecule has 0 atom stereocenters. The van der Waals surface area contributed by atoms with Gasteiger partial charge in [-0.05, 0) is 6.92 Å². The van der Waals surface area contributed by atoms with Gasteiger partial charge in [0.25, 0.3) is 0 Å². The first-order valence-corrected chi connectivity index (χ1v) is 7.01. The Labute approximate surface area is 115 Å². The van der Waals surface area contributed by atoms with E-state index in [1.54, 1.807) is 30.3 Å². The lowest BCUT2D eigenvalue weighted by Crippen LogP contribution is -2.24. The molecule has 0 saturated heterocycles. The van der Waals surface area contributed by atoms with Crippen molar-refractivity contribution in [3.63, 3.8) is 0 Å². The van der Waals surface area contributed by atoms with Crippen molar-refractivity contribution in [3.8, 4) is 17.3 Å². The molecule has 2 rings (SSSR count). The predicted octanol–water partition coefficient (Wildman–Crippen LogP) is 1.44. The number of nitriles is 1. The Kier molecular flexibility index (Phi) is 3.32. The average molecular weight is 297 g/mol. The summed E-state index contributed by atoms with van der Waals surface area (Å²) in [6, 6.07) is 8.60. The van der Waals surface area contributed by atoms with E-state index in [1.807, 2.05) is 6.92 Å². The summed E-state index contributed by atoms with van der Waals surface area (Å²) in [4.78, 5) is 3.70. The van der Waals surface area contributed by atoms with Crippen LogP contribution >= 0.6 is 11.6 Å². The summed E-state index contributed by atoms with van der Waals surface area (Å²) in [5.41, 5.74) is 1.60. The Bertz CT molecular complexity index is 772. The van der Waals surface area contributed by atoms with E-state index in [0.29, 0.717) is 9.54 Å². The van der Waals surface area contributed by atoms with Crippen molar-refractivity contribution in [1.82, 2.24) is 8.96 Å². The van der Waals surface area contributed by atoms with Crippen LogP contribution in [0.2, 0.25) is 5.15 Å². The topological polar surface area (TPSA) is 102 Å². The summed E-state index contributed by atoms with van der Waals surface area (Å²) in [5, 5.41) is 13.9. The third-order valence-electron chi connectivity index (χ3n) is 2.47. The van der Waals surface area contributed by atoms with Crippen LogP contribution in [0.3, 0.4) is 0 Å². The van der Waals surface area contributed by atoms with E-state index in [4.69, 9.17) is 22.0 Å². The molecule has 0 aliphatic heterocycles. The summed E-state index contributed by atoms with van der Waals surface area (Å²) >= 11 is 5.91. The molecule has 8 heteroatoms. The number of nitrogens with zero attached hydrogens (tertiary/aromatic N) is 3. The van der Waals surface area contributed by atoms with Gasteiger partial charge in [-0.2, -0.15) is 17.7 Å². The highest BCUT2D eigenvalue weighted by molar-refractivity contribution is 7.87. The van der Waals surface area contributed by atoms with Gasteiger partial charge in [-0.25, -0.2) is 10.1 Å². The van der Waals surface area contributed by atoms with Crippen LogP contribution in [-0.2, 0) is 10.2 Å². The number of aryl methyl sites for hydroxylation is 1. The number of imidazole rings is 1. The van der Waals surface area contributed by atoms with E-state index < -0.39 is 10.2 Å². The number of halogens is 1. The fourth-order valence-corrected chi connectivity index (χ4v) is 2.74. The highest BCUT2D eigenvalue weighted by Gasteiger charge is 2.23. The Morgan fingerprint density at radius 3 is 2.42 bits per heavy atom. The van der Waals surface area contributed by atoms with Gasteiger partial charge in [-0.1, -0.05) is 41.4 Å². The van der Waals surface area contributed by atoms with Crippen LogP contribution in [0.25, 0.3) is 11.3 Å². The zero-order valence-corrected chi connectivity index (χ0v) is 11.4. The number of hydrogen-bond acceptors (Lipinski definition) is 4. The highest BCUT2D eigenvalue weighted by Crippen LogP contribution is 2.29. The van der Waals surface area contributed by atoms with Gasteiger partial charge in [0, 0.05) is 5.56 Å². The maximum absolute atomic E-state index is 11.6. The molecule has 0 unspecified atom stereocenters. The highest BCUT2D eigenvalue weighted by atomic mass is 35.5. The average Bonchev–Trinajstić information content (AvgIpc) is 2.67. The van der Waals surface area contributed by atoms with Gasteiger partial charge < -0.3 is 0 Å². The molecule has 2 N–H and O–H groups in total. The Morgan fingerprint density at radius 1 is 1.37 bits per heavy atom. The molecule has 0 radical (unpaired) electrons. The number of hydrogen-bond donors (Lipinski definition) is 1. The summed E-state index contributed by atoms with van der Waals surface area (Å²) in [6.07, 6.45) is 0. The Morgan fingerprint density at radius 2 is 1.95 bits per heavy atom. The second kappa shape index (κ2) is 4.66. The lowest BCUT2D eigenvalue weighted by molar-refractivity contribution is 0.589. The lowest BCUT2D eigenvalue weighted by atomic mass is 10.1. The van der Waals surface area contributed by atoms with Crippen LogP contribution in [0.5, 0.6) is 0 Å². The normalized spacial score (nSPS) is 11.3. The largest absolute Gasteiger partial charge is 0.305 e. The van der Waals surface area contributed by atoms with Gasteiger partial charge in [0.1, 0.15) is 11.8 Å². The van der Waals surface area contributed by atoms with Crippen molar-refractivity contribution >= 4 is 21.8 Å². The molecule has 1 aromatic carbocycles. The summed E-state index contributed by atoms with van der Waals surface area (Å²) in [5.74, 6) is -0.372. The maximum atomic E-state index is 11.6. The second-order valence-corrected chi connectivity index (χ2v) is 5.62. The fourth-order valence-electron chi connectivity index (χ4n) is 1.65. The first-order chi connectivity index (χ1) is 8.84. The minimum absolute atomic E-state index is 0.0840. The first kappa shape index (κ1) is 13.5. The predicted molar refractivity (Wildman–Crippen MR) is 70.6 cm³/mol. The third-order valence-corrected chi connectivity index (χ3v) is 3.60. The molecular weight excluding hydrogens is 288 g/mol. The zero-order valence-electron chi connectivity index (χ0n) is 9.83. The SMILES string of the molecule is Cc1ccc(-c2c(Cl)nc(C#N)n2S(N)(=O)=O)cc1. The van der Waals surface area contributed by atoms with Crippen molar-refractivity contribution in [1.29, 1.82) is 5.26 Å². The van der Waals surface area contributed by atoms with E-state index in [2.05, 4.69) is 4.98 Å². The summed E-state index contributed by atoms with van der Waals surface area (Å²) < 4.78 is 23.8. The monoisotopic (exact) mass is 296 g/mol. The van der Waals surface area contributed by atoms with Crippen LogP contribution in [0.4, 0.5) is 0 Å². The maximum Gasteiger partial charge on any atom is 0.305 e. The fraction of sp³-hybridized carbons (Fsp3) is 0.0909. The number of aromatic nitrogens is 2. The van der Waals surface area contributed by atoms with E-state index >= 15 is 0 Å². The van der Waals surface area contributed by atoms with Crippen molar-refractivity contribution in [2.24, 2.45) is 5.14 Å². The van der Waals surface area contributed by atoms with Gasteiger partial charge in [0.2, 0.25) is 5.82 Å².